The van der Waals surface area contributed by atoms with Gasteiger partial charge < -0.3 is 4.57 Å². The maximum absolute atomic E-state index is 13.9. The van der Waals surface area contributed by atoms with Crippen LogP contribution in [0.25, 0.3) is 11.4 Å². The summed E-state index contributed by atoms with van der Waals surface area (Å²) in [5, 5.41) is 8.28. The Hall–Kier alpha value is -1.37. The Kier molecular flexibility index (Phi) is 4.47. The number of aromatic nitrogens is 3. The van der Waals surface area contributed by atoms with Crippen LogP contribution in [0.1, 0.15) is 19.7 Å². The molecule has 1 aromatic carbocycles. The third-order valence-corrected chi connectivity index (χ3v) is 3.27. The van der Waals surface area contributed by atoms with Gasteiger partial charge in [0.15, 0.2) is 23.3 Å². The van der Waals surface area contributed by atoms with Crippen molar-refractivity contribution in [2.45, 2.75) is 25.7 Å². The molecule has 0 saturated carbocycles. The lowest BCUT2D eigenvalue weighted by molar-refractivity contribution is 0.447. The van der Waals surface area contributed by atoms with Gasteiger partial charge in [-0.2, -0.15) is 0 Å². The molecule has 1 aromatic heterocycles. The number of halogens is 4. The average Bonchev–Trinajstić information content (AvgIpc) is 2.78. The van der Waals surface area contributed by atoms with E-state index in [0.717, 1.165) is 6.07 Å². The summed E-state index contributed by atoms with van der Waals surface area (Å²) in [4.78, 5) is 0. The highest BCUT2D eigenvalue weighted by molar-refractivity contribution is 9.08. The lowest BCUT2D eigenvalue weighted by Gasteiger charge is -2.12. The van der Waals surface area contributed by atoms with E-state index in [4.69, 9.17) is 0 Å². The van der Waals surface area contributed by atoms with Gasteiger partial charge in [-0.25, -0.2) is 13.2 Å². The van der Waals surface area contributed by atoms with Crippen LogP contribution >= 0.6 is 15.9 Å². The molecule has 0 radical (unpaired) electrons. The molecule has 0 spiro atoms. The SMILES string of the molecule is CC(C)Cn1c(CBr)nnc1-c1ccc(F)c(F)c1F. The molecule has 0 atom stereocenters. The first kappa shape index (κ1) is 15.0. The van der Waals surface area contributed by atoms with Crippen LogP contribution in [0.5, 0.6) is 0 Å². The molecule has 3 nitrogen and oxygen atoms in total. The summed E-state index contributed by atoms with van der Waals surface area (Å²) in [5.41, 5.74) is -0.0933. The number of hydrogen-bond donors (Lipinski definition) is 0. The third kappa shape index (κ3) is 2.72. The van der Waals surface area contributed by atoms with Crippen LogP contribution in [0.3, 0.4) is 0 Å². The minimum atomic E-state index is -1.50. The number of alkyl halides is 1. The van der Waals surface area contributed by atoms with Crippen LogP contribution in [0.2, 0.25) is 0 Å². The van der Waals surface area contributed by atoms with Crippen molar-refractivity contribution in [3.63, 3.8) is 0 Å². The first-order valence-electron chi connectivity index (χ1n) is 6.07. The lowest BCUT2D eigenvalue weighted by Crippen LogP contribution is -2.10. The van der Waals surface area contributed by atoms with Crippen LogP contribution in [-0.2, 0) is 11.9 Å². The van der Waals surface area contributed by atoms with Gasteiger partial charge >= 0.3 is 0 Å². The predicted molar refractivity (Wildman–Crippen MR) is 72.8 cm³/mol. The normalized spacial score (nSPS) is 11.3. The van der Waals surface area contributed by atoms with E-state index in [1.54, 1.807) is 4.57 Å². The molecule has 2 rings (SSSR count). The Morgan fingerprint density at radius 3 is 2.45 bits per heavy atom. The molecule has 0 aliphatic heterocycles. The summed E-state index contributed by atoms with van der Waals surface area (Å²) in [5.74, 6) is -2.88. The highest BCUT2D eigenvalue weighted by Crippen LogP contribution is 2.26. The minimum absolute atomic E-state index is 0.0933. The standard InChI is InChI=1S/C13H13BrF3N3/c1-7(2)6-20-10(5-14)18-19-13(20)8-3-4-9(15)12(17)11(8)16/h3-4,7H,5-6H2,1-2H3. The summed E-state index contributed by atoms with van der Waals surface area (Å²) in [6.45, 7) is 4.54. The predicted octanol–water partition coefficient (Wildman–Crippen LogP) is 3.91. The molecular formula is C13H13BrF3N3. The van der Waals surface area contributed by atoms with E-state index in [9.17, 15) is 13.2 Å². The quantitative estimate of drug-likeness (QED) is 0.620. The minimum Gasteiger partial charge on any atom is -0.310 e. The van der Waals surface area contributed by atoms with E-state index in [1.807, 2.05) is 13.8 Å². The maximum Gasteiger partial charge on any atom is 0.195 e. The van der Waals surface area contributed by atoms with Gasteiger partial charge in [-0.05, 0) is 18.1 Å². The van der Waals surface area contributed by atoms with Crippen molar-refractivity contribution in [1.82, 2.24) is 14.8 Å². The van der Waals surface area contributed by atoms with E-state index < -0.39 is 17.5 Å². The van der Waals surface area contributed by atoms with Crippen molar-refractivity contribution in [3.05, 3.63) is 35.4 Å². The summed E-state index contributed by atoms with van der Waals surface area (Å²) >= 11 is 3.28. The highest BCUT2D eigenvalue weighted by atomic mass is 79.9. The zero-order valence-corrected chi connectivity index (χ0v) is 12.6. The number of nitrogens with zero attached hydrogens (tertiary/aromatic N) is 3. The van der Waals surface area contributed by atoms with Gasteiger partial charge in [0.05, 0.1) is 10.9 Å². The lowest BCUT2D eigenvalue weighted by atomic mass is 10.1. The molecule has 0 aliphatic carbocycles. The summed E-state index contributed by atoms with van der Waals surface area (Å²) in [6.07, 6.45) is 0. The Morgan fingerprint density at radius 1 is 1.15 bits per heavy atom. The van der Waals surface area contributed by atoms with Crippen LogP contribution in [0.4, 0.5) is 13.2 Å². The van der Waals surface area contributed by atoms with Crippen LogP contribution in [0, 0.1) is 23.4 Å². The second-order valence-corrected chi connectivity index (χ2v) is 5.36. The van der Waals surface area contributed by atoms with Crippen molar-refractivity contribution in [2.24, 2.45) is 5.92 Å². The first-order valence-corrected chi connectivity index (χ1v) is 7.19. The summed E-state index contributed by atoms with van der Waals surface area (Å²) < 4.78 is 41.9. The molecule has 0 unspecified atom stereocenters. The van der Waals surface area contributed by atoms with E-state index in [0.29, 0.717) is 17.7 Å². The molecule has 0 N–H and O–H groups in total. The van der Waals surface area contributed by atoms with Gasteiger partial charge in [0.1, 0.15) is 5.82 Å². The average molecular weight is 348 g/mol. The summed E-state index contributed by atoms with van der Waals surface area (Å²) in [6, 6.07) is 2.06. The van der Waals surface area contributed by atoms with Crippen LogP contribution < -0.4 is 0 Å². The molecule has 2 aromatic rings. The van der Waals surface area contributed by atoms with Gasteiger partial charge in [0, 0.05) is 6.54 Å². The van der Waals surface area contributed by atoms with Gasteiger partial charge in [-0.3, -0.25) is 0 Å². The van der Waals surface area contributed by atoms with Gasteiger partial charge in [0.2, 0.25) is 0 Å². The molecule has 108 valence electrons. The Labute approximate surface area is 123 Å². The molecule has 0 aliphatic rings. The smallest absolute Gasteiger partial charge is 0.195 e. The van der Waals surface area contributed by atoms with Crippen LogP contribution in [0.15, 0.2) is 12.1 Å². The second kappa shape index (κ2) is 5.95. The molecule has 1 heterocycles. The number of benzene rings is 1. The van der Waals surface area contributed by atoms with Crippen molar-refractivity contribution < 1.29 is 13.2 Å². The highest BCUT2D eigenvalue weighted by Gasteiger charge is 2.21. The number of rotatable bonds is 4. The van der Waals surface area contributed by atoms with Gasteiger partial charge in [-0.1, -0.05) is 29.8 Å². The monoisotopic (exact) mass is 347 g/mol. The van der Waals surface area contributed by atoms with Crippen molar-refractivity contribution in [2.75, 3.05) is 0 Å². The molecular weight excluding hydrogens is 335 g/mol. The molecule has 7 heteroatoms. The fraction of sp³-hybridized carbons (Fsp3) is 0.385. The van der Waals surface area contributed by atoms with E-state index in [2.05, 4.69) is 26.1 Å². The topological polar surface area (TPSA) is 30.7 Å². The van der Waals surface area contributed by atoms with Crippen molar-refractivity contribution >= 4 is 15.9 Å². The van der Waals surface area contributed by atoms with E-state index in [-0.39, 0.29) is 17.3 Å². The molecule has 0 saturated heterocycles. The van der Waals surface area contributed by atoms with Crippen molar-refractivity contribution in [3.8, 4) is 11.4 Å². The van der Waals surface area contributed by atoms with Crippen molar-refractivity contribution in [1.29, 1.82) is 0 Å². The second-order valence-electron chi connectivity index (χ2n) is 4.80. The fourth-order valence-electron chi connectivity index (χ4n) is 1.89. The largest absolute Gasteiger partial charge is 0.310 e. The van der Waals surface area contributed by atoms with Gasteiger partial charge in [0.25, 0.3) is 0 Å². The molecule has 20 heavy (non-hydrogen) atoms. The van der Waals surface area contributed by atoms with E-state index >= 15 is 0 Å². The Balaban J connectivity index is 2.58. The van der Waals surface area contributed by atoms with Crippen LogP contribution in [-0.4, -0.2) is 14.8 Å². The maximum atomic E-state index is 13.9. The zero-order chi connectivity index (χ0) is 14.9. The van der Waals surface area contributed by atoms with Gasteiger partial charge in [-0.15, -0.1) is 10.2 Å². The first-order chi connectivity index (χ1) is 9.45. The number of hydrogen-bond acceptors (Lipinski definition) is 2. The molecule has 0 fully saturated rings. The molecule has 0 bridgehead atoms. The molecule has 0 amide bonds. The zero-order valence-electron chi connectivity index (χ0n) is 11.0. The fourth-order valence-corrected chi connectivity index (χ4v) is 2.30. The van der Waals surface area contributed by atoms with E-state index in [1.165, 1.54) is 6.07 Å². The Morgan fingerprint density at radius 2 is 1.85 bits per heavy atom. The Bertz CT molecular complexity index is 626. The third-order valence-electron chi connectivity index (χ3n) is 2.77. The summed E-state index contributed by atoms with van der Waals surface area (Å²) in [7, 11) is 0.